The number of esters is 2. The molecule has 0 N–H and O–H groups in total. The molecule has 15 heavy (non-hydrogen) atoms. The second kappa shape index (κ2) is 7.26. The zero-order valence-electron chi connectivity index (χ0n) is 9.91. The standard InChI is InChI=1S/C11H20O4/c1-8(2)15-11(13)6-5-9(3)7-14-10(4)12/h8-9H,5-7H2,1-4H3/t9-/m1/s1. The van der Waals surface area contributed by atoms with Crippen LogP contribution in [0.15, 0.2) is 0 Å². The SMILES string of the molecule is CC(=O)OC[C@H](C)CCC(=O)OC(C)C. The molecule has 0 aliphatic carbocycles. The van der Waals surface area contributed by atoms with Crippen LogP contribution in [-0.2, 0) is 19.1 Å². The molecule has 0 rings (SSSR count). The smallest absolute Gasteiger partial charge is 0.306 e. The fourth-order valence-corrected chi connectivity index (χ4v) is 1.03. The summed E-state index contributed by atoms with van der Waals surface area (Å²) in [7, 11) is 0. The van der Waals surface area contributed by atoms with E-state index >= 15 is 0 Å². The normalized spacial score (nSPS) is 12.3. The van der Waals surface area contributed by atoms with Crippen molar-refractivity contribution in [2.75, 3.05) is 6.61 Å². The van der Waals surface area contributed by atoms with Gasteiger partial charge in [-0.1, -0.05) is 6.92 Å². The van der Waals surface area contributed by atoms with Crippen molar-refractivity contribution < 1.29 is 19.1 Å². The van der Waals surface area contributed by atoms with Crippen LogP contribution in [0.25, 0.3) is 0 Å². The first-order chi connectivity index (χ1) is 6.91. The van der Waals surface area contributed by atoms with Gasteiger partial charge in [0.25, 0.3) is 0 Å². The molecule has 0 aromatic carbocycles. The van der Waals surface area contributed by atoms with Gasteiger partial charge in [-0.3, -0.25) is 9.59 Å². The van der Waals surface area contributed by atoms with Gasteiger partial charge in [0.05, 0.1) is 12.7 Å². The molecule has 0 unspecified atom stereocenters. The van der Waals surface area contributed by atoms with E-state index in [-0.39, 0.29) is 24.0 Å². The first kappa shape index (κ1) is 13.9. The van der Waals surface area contributed by atoms with Crippen molar-refractivity contribution >= 4 is 11.9 Å². The lowest BCUT2D eigenvalue weighted by molar-refractivity contribution is -0.147. The summed E-state index contributed by atoms with van der Waals surface area (Å²) in [5.41, 5.74) is 0. The zero-order chi connectivity index (χ0) is 11.8. The van der Waals surface area contributed by atoms with Crippen LogP contribution in [0.4, 0.5) is 0 Å². The highest BCUT2D eigenvalue weighted by Gasteiger charge is 2.10. The first-order valence-corrected chi connectivity index (χ1v) is 5.24. The van der Waals surface area contributed by atoms with E-state index in [4.69, 9.17) is 9.47 Å². The predicted octanol–water partition coefficient (Wildman–Crippen LogP) is 1.92. The van der Waals surface area contributed by atoms with Crippen LogP contribution in [0.3, 0.4) is 0 Å². The summed E-state index contributed by atoms with van der Waals surface area (Å²) in [6.45, 7) is 7.32. The van der Waals surface area contributed by atoms with Crippen molar-refractivity contribution in [2.45, 2.75) is 46.6 Å². The lowest BCUT2D eigenvalue weighted by Crippen LogP contribution is -2.14. The average Bonchev–Trinajstić information content (AvgIpc) is 2.10. The minimum Gasteiger partial charge on any atom is -0.466 e. The van der Waals surface area contributed by atoms with Crippen LogP contribution >= 0.6 is 0 Å². The van der Waals surface area contributed by atoms with Crippen molar-refractivity contribution in [1.82, 2.24) is 0 Å². The number of hydrogen-bond acceptors (Lipinski definition) is 4. The highest BCUT2D eigenvalue weighted by molar-refractivity contribution is 5.69. The lowest BCUT2D eigenvalue weighted by atomic mass is 10.1. The molecule has 88 valence electrons. The van der Waals surface area contributed by atoms with Crippen molar-refractivity contribution in [3.8, 4) is 0 Å². The van der Waals surface area contributed by atoms with E-state index in [1.54, 1.807) is 0 Å². The summed E-state index contributed by atoms with van der Waals surface area (Å²) in [6, 6.07) is 0. The molecule has 1 atom stereocenters. The molecule has 0 saturated carbocycles. The van der Waals surface area contributed by atoms with Gasteiger partial charge < -0.3 is 9.47 Å². The highest BCUT2D eigenvalue weighted by Crippen LogP contribution is 2.07. The Hall–Kier alpha value is -1.06. The number of carbonyl (C=O) groups is 2. The van der Waals surface area contributed by atoms with Gasteiger partial charge in [-0.15, -0.1) is 0 Å². The third kappa shape index (κ3) is 9.25. The molecular formula is C11H20O4. The summed E-state index contributed by atoms with van der Waals surface area (Å²) >= 11 is 0. The van der Waals surface area contributed by atoms with Gasteiger partial charge in [0, 0.05) is 13.3 Å². The molecule has 0 bridgehead atoms. The van der Waals surface area contributed by atoms with E-state index in [2.05, 4.69) is 0 Å². The van der Waals surface area contributed by atoms with Crippen LogP contribution in [-0.4, -0.2) is 24.6 Å². The molecular weight excluding hydrogens is 196 g/mol. The van der Waals surface area contributed by atoms with Gasteiger partial charge in [0.15, 0.2) is 0 Å². The van der Waals surface area contributed by atoms with E-state index in [1.807, 2.05) is 20.8 Å². The number of rotatable bonds is 6. The fraction of sp³-hybridized carbons (Fsp3) is 0.818. The Kier molecular flexibility index (Phi) is 6.75. The van der Waals surface area contributed by atoms with Gasteiger partial charge in [-0.25, -0.2) is 0 Å². The number of ether oxygens (including phenoxy) is 2. The quantitative estimate of drug-likeness (QED) is 0.636. The molecule has 0 amide bonds. The Morgan fingerprint density at radius 3 is 2.27 bits per heavy atom. The van der Waals surface area contributed by atoms with E-state index in [9.17, 15) is 9.59 Å². The minimum absolute atomic E-state index is 0.0683. The number of hydrogen-bond donors (Lipinski definition) is 0. The third-order valence-electron chi connectivity index (χ3n) is 1.78. The molecule has 0 spiro atoms. The Bertz CT molecular complexity index is 211. The van der Waals surface area contributed by atoms with Gasteiger partial charge in [0.2, 0.25) is 0 Å². The van der Waals surface area contributed by atoms with Crippen molar-refractivity contribution in [1.29, 1.82) is 0 Å². The highest BCUT2D eigenvalue weighted by atomic mass is 16.5. The summed E-state index contributed by atoms with van der Waals surface area (Å²) in [4.78, 5) is 21.7. The summed E-state index contributed by atoms with van der Waals surface area (Å²) in [6.07, 6.45) is 0.987. The van der Waals surface area contributed by atoms with Gasteiger partial charge in [-0.05, 0) is 26.2 Å². The van der Waals surface area contributed by atoms with E-state index < -0.39 is 0 Å². The molecule has 0 aliphatic heterocycles. The van der Waals surface area contributed by atoms with Crippen LogP contribution in [0.1, 0.15) is 40.5 Å². The zero-order valence-corrected chi connectivity index (χ0v) is 9.91. The van der Waals surface area contributed by atoms with Gasteiger partial charge >= 0.3 is 11.9 Å². The molecule has 0 saturated heterocycles. The molecule has 0 radical (unpaired) electrons. The lowest BCUT2D eigenvalue weighted by Gasteiger charge is -2.11. The van der Waals surface area contributed by atoms with Crippen LogP contribution in [0.5, 0.6) is 0 Å². The Morgan fingerprint density at radius 1 is 1.20 bits per heavy atom. The third-order valence-corrected chi connectivity index (χ3v) is 1.78. The van der Waals surface area contributed by atoms with Crippen LogP contribution < -0.4 is 0 Å². The van der Waals surface area contributed by atoms with E-state index in [0.717, 1.165) is 0 Å². The van der Waals surface area contributed by atoms with Crippen LogP contribution in [0.2, 0.25) is 0 Å². The van der Waals surface area contributed by atoms with Gasteiger partial charge in [-0.2, -0.15) is 0 Å². The first-order valence-electron chi connectivity index (χ1n) is 5.24. The summed E-state index contributed by atoms with van der Waals surface area (Å²) in [5.74, 6) is -0.292. The average molecular weight is 216 g/mol. The molecule has 0 aromatic heterocycles. The summed E-state index contributed by atoms with van der Waals surface area (Å²) < 4.78 is 9.81. The summed E-state index contributed by atoms with van der Waals surface area (Å²) in [5, 5.41) is 0. The van der Waals surface area contributed by atoms with Crippen LogP contribution in [0, 0.1) is 5.92 Å². The second-order valence-corrected chi connectivity index (χ2v) is 3.99. The fourth-order valence-electron chi connectivity index (χ4n) is 1.03. The predicted molar refractivity (Wildman–Crippen MR) is 56.3 cm³/mol. The topological polar surface area (TPSA) is 52.6 Å². The van der Waals surface area contributed by atoms with Gasteiger partial charge in [0.1, 0.15) is 0 Å². The molecule has 0 fully saturated rings. The minimum atomic E-state index is -0.286. The number of carbonyl (C=O) groups excluding carboxylic acids is 2. The largest absolute Gasteiger partial charge is 0.466 e. The van der Waals surface area contributed by atoms with Crippen molar-refractivity contribution in [3.63, 3.8) is 0 Å². The maximum atomic E-state index is 11.2. The Morgan fingerprint density at radius 2 is 1.80 bits per heavy atom. The molecule has 0 heterocycles. The molecule has 0 aromatic rings. The van der Waals surface area contributed by atoms with Crippen molar-refractivity contribution in [2.24, 2.45) is 5.92 Å². The second-order valence-electron chi connectivity index (χ2n) is 3.99. The molecule has 4 nitrogen and oxygen atoms in total. The Labute approximate surface area is 90.9 Å². The molecule has 0 aliphatic rings. The van der Waals surface area contributed by atoms with E-state index in [0.29, 0.717) is 19.4 Å². The van der Waals surface area contributed by atoms with E-state index in [1.165, 1.54) is 6.92 Å². The maximum absolute atomic E-state index is 11.2. The monoisotopic (exact) mass is 216 g/mol. The maximum Gasteiger partial charge on any atom is 0.306 e. The van der Waals surface area contributed by atoms with Crippen molar-refractivity contribution in [3.05, 3.63) is 0 Å². The molecule has 4 heteroatoms. The Balaban J connectivity index is 3.57.